The number of benzene rings is 2. The van der Waals surface area contributed by atoms with Crippen molar-refractivity contribution >= 4 is 23.5 Å². The average Bonchev–Trinajstić information content (AvgIpc) is 3.39. The number of thiophene rings is 1. The Hall–Kier alpha value is -3.58. The molecule has 0 saturated carbocycles. The molecule has 7 heteroatoms. The van der Waals surface area contributed by atoms with E-state index in [0.717, 1.165) is 21.8 Å². The fourth-order valence-electron chi connectivity index (χ4n) is 2.63. The number of carbonyl (C=O) groups is 1. The second-order valence-electron chi connectivity index (χ2n) is 5.90. The molecule has 1 N–H and O–H groups in total. The number of halogens is 1. The Morgan fingerprint density at radius 2 is 1.86 bits per heavy atom. The SMILES string of the molecule is O=C(NN=Cc1cn(-c2ccccc2)nc1-c1cccs1)c1ccc(F)cc1. The smallest absolute Gasteiger partial charge is 0.267 e. The highest BCUT2D eigenvalue weighted by atomic mass is 32.1. The lowest BCUT2D eigenvalue weighted by atomic mass is 10.2. The van der Waals surface area contributed by atoms with Crippen LogP contribution in [-0.4, -0.2) is 21.9 Å². The first-order valence-corrected chi connectivity index (χ1v) is 9.36. The maximum absolute atomic E-state index is 13.0. The van der Waals surface area contributed by atoms with Crippen LogP contribution < -0.4 is 5.43 Å². The number of carbonyl (C=O) groups excluding carboxylic acids is 1. The van der Waals surface area contributed by atoms with Crippen LogP contribution in [0.1, 0.15) is 15.9 Å². The zero-order valence-electron chi connectivity index (χ0n) is 14.6. The third kappa shape index (κ3) is 3.89. The summed E-state index contributed by atoms with van der Waals surface area (Å²) in [5, 5.41) is 10.7. The van der Waals surface area contributed by atoms with Crippen LogP contribution in [0.5, 0.6) is 0 Å². The molecule has 28 heavy (non-hydrogen) atoms. The molecule has 0 saturated heterocycles. The quantitative estimate of drug-likeness (QED) is 0.403. The van der Waals surface area contributed by atoms with Crippen molar-refractivity contribution < 1.29 is 9.18 Å². The zero-order valence-corrected chi connectivity index (χ0v) is 15.4. The summed E-state index contributed by atoms with van der Waals surface area (Å²) in [6, 6.07) is 19.0. The number of amides is 1. The summed E-state index contributed by atoms with van der Waals surface area (Å²) in [4.78, 5) is 13.1. The highest BCUT2D eigenvalue weighted by molar-refractivity contribution is 7.13. The van der Waals surface area contributed by atoms with Gasteiger partial charge in [0.25, 0.3) is 5.91 Å². The average molecular weight is 390 g/mol. The molecule has 4 aromatic rings. The van der Waals surface area contributed by atoms with Crippen molar-refractivity contribution in [1.29, 1.82) is 0 Å². The molecule has 0 radical (unpaired) electrons. The number of aromatic nitrogens is 2. The van der Waals surface area contributed by atoms with Crippen molar-refractivity contribution in [2.24, 2.45) is 5.10 Å². The maximum atomic E-state index is 13.0. The van der Waals surface area contributed by atoms with Gasteiger partial charge in [-0.2, -0.15) is 10.2 Å². The molecule has 1 amide bonds. The summed E-state index contributed by atoms with van der Waals surface area (Å²) in [5.74, 6) is -0.807. The summed E-state index contributed by atoms with van der Waals surface area (Å²) in [5.41, 5.74) is 5.27. The van der Waals surface area contributed by atoms with Gasteiger partial charge in [0.2, 0.25) is 0 Å². The zero-order chi connectivity index (χ0) is 19.3. The molecular weight excluding hydrogens is 375 g/mol. The Morgan fingerprint density at radius 3 is 2.57 bits per heavy atom. The van der Waals surface area contributed by atoms with Gasteiger partial charge < -0.3 is 0 Å². The van der Waals surface area contributed by atoms with Crippen LogP contribution in [0.15, 0.2) is 83.4 Å². The number of nitrogens with zero attached hydrogens (tertiary/aromatic N) is 3. The number of nitrogens with one attached hydrogen (secondary N) is 1. The monoisotopic (exact) mass is 390 g/mol. The van der Waals surface area contributed by atoms with Crippen LogP contribution in [-0.2, 0) is 0 Å². The lowest BCUT2D eigenvalue weighted by molar-refractivity contribution is 0.0955. The van der Waals surface area contributed by atoms with E-state index in [1.165, 1.54) is 24.3 Å². The fourth-order valence-corrected chi connectivity index (χ4v) is 3.36. The summed E-state index contributed by atoms with van der Waals surface area (Å²) >= 11 is 1.58. The topological polar surface area (TPSA) is 59.3 Å². The summed E-state index contributed by atoms with van der Waals surface area (Å²) in [7, 11) is 0. The second kappa shape index (κ2) is 7.98. The van der Waals surface area contributed by atoms with Crippen LogP contribution in [0, 0.1) is 5.82 Å². The Balaban J connectivity index is 1.59. The molecule has 2 aromatic heterocycles. The van der Waals surface area contributed by atoms with E-state index in [9.17, 15) is 9.18 Å². The van der Waals surface area contributed by atoms with Gasteiger partial charge in [-0.3, -0.25) is 4.79 Å². The van der Waals surface area contributed by atoms with Gasteiger partial charge in [-0.25, -0.2) is 14.5 Å². The van der Waals surface area contributed by atoms with Crippen LogP contribution >= 0.6 is 11.3 Å². The number of para-hydroxylation sites is 1. The molecule has 4 rings (SSSR count). The lowest BCUT2D eigenvalue weighted by Crippen LogP contribution is -2.17. The van der Waals surface area contributed by atoms with Gasteiger partial charge in [-0.1, -0.05) is 24.3 Å². The molecule has 0 aliphatic carbocycles. The third-order valence-corrected chi connectivity index (χ3v) is 4.87. The minimum atomic E-state index is -0.413. The normalized spacial score (nSPS) is 11.0. The van der Waals surface area contributed by atoms with E-state index in [2.05, 4.69) is 15.6 Å². The molecule has 138 valence electrons. The number of hydrogen-bond acceptors (Lipinski definition) is 4. The first-order chi connectivity index (χ1) is 13.7. The Bertz CT molecular complexity index is 1100. The van der Waals surface area contributed by atoms with Crippen LogP contribution in [0.4, 0.5) is 4.39 Å². The van der Waals surface area contributed by atoms with E-state index < -0.39 is 11.7 Å². The summed E-state index contributed by atoms with van der Waals surface area (Å²) in [6.45, 7) is 0. The third-order valence-electron chi connectivity index (χ3n) is 3.99. The van der Waals surface area contributed by atoms with Gasteiger partial charge in [-0.05, 0) is 47.8 Å². The van der Waals surface area contributed by atoms with Crippen molar-refractivity contribution in [3.8, 4) is 16.3 Å². The van der Waals surface area contributed by atoms with E-state index in [0.29, 0.717) is 5.56 Å². The summed E-state index contributed by atoms with van der Waals surface area (Å²) in [6.07, 6.45) is 3.42. The molecule has 0 spiro atoms. The van der Waals surface area contributed by atoms with E-state index in [-0.39, 0.29) is 0 Å². The molecule has 0 fully saturated rings. The predicted octanol–water partition coefficient (Wildman–Crippen LogP) is 4.50. The van der Waals surface area contributed by atoms with Crippen molar-refractivity contribution in [3.05, 3.63) is 95.3 Å². The first-order valence-electron chi connectivity index (χ1n) is 8.48. The Kier molecular flexibility index (Phi) is 5.07. The van der Waals surface area contributed by atoms with Crippen molar-refractivity contribution in [2.75, 3.05) is 0 Å². The molecule has 2 heterocycles. The first kappa shape index (κ1) is 17.8. The van der Waals surface area contributed by atoms with Crippen LogP contribution in [0.2, 0.25) is 0 Å². The van der Waals surface area contributed by atoms with Gasteiger partial charge in [0.05, 0.1) is 16.8 Å². The van der Waals surface area contributed by atoms with Crippen molar-refractivity contribution in [3.63, 3.8) is 0 Å². The van der Waals surface area contributed by atoms with E-state index in [4.69, 9.17) is 0 Å². The number of rotatable bonds is 5. The molecular formula is C21H15FN4OS. The van der Waals surface area contributed by atoms with Gasteiger partial charge in [-0.15, -0.1) is 11.3 Å². The standard InChI is InChI=1S/C21H15FN4OS/c22-17-10-8-15(9-11-17)21(27)24-23-13-16-14-26(18-5-2-1-3-6-18)25-20(16)19-7-4-12-28-19/h1-14H,(H,24,27). The number of hydrogen-bond donors (Lipinski definition) is 1. The molecule has 0 bridgehead atoms. The number of hydrazone groups is 1. The summed E-state index contributed by atoms with van der Waals surface area (Å²) < 4.78 is 14.8. The molecule has 0 unspecified atom stereocenters. The highest BCUT2D eigenvalue weighted by Gasteiger charge is 2.12. The van der Waals surface area contributed by atoms with E-state index in [1.54, 1.807) is 22.2 Å². The fraction of sp³-hybridized carbons (Fsp3) is 0. The molecule has 0 aliphatic heterocycles. The van der Waals surface area contributed by atoms with Gasteiger partial charge in [0, 0.05) is 17.3 Å². The Labute approximate surface area is 164 Å². The van der Waals surface area contributed by atoms with Crippen LogP contribution in [0.25, 0.3) is 16.3 Å². The van der Waals surface area contributed by atoms with Gasteiger partial charge in [0.1, 0.15) is 11.5 Å². The molecule has 2 aromatic carbocycles. The predicted molar refractivity (Wildman–Crippen MR) is 108 cm³/mol. The maximum Gasteiger partial charge on any atom is 0.271 e. The minimum absolute atomic E-state index is 0.331. The van der Waals surface area contributed by atoms with E-state index >= 15 is 0 Å². The lowest BCUT2D eigenvalue weighted by Gasteiger charge is -1.99. The van der Waals surface area contributed by atoms with Gasteiger partial charge in [0.15, 0.2) is 0 Å². The minimum Gasteiger partial charge on any atom is -0.267 e. The van der Waals surface area contributed by atoms with E-state index in [1.807, 2.05) is 54.0 Å². The molecule has 0 aliphatic rings. The van der Waals surface area contributed by atoms with Crippen LogP contribution in [0.3, 0.4) is 0 Å². The van der Waals surface area contributed by atoms with Crippen molar-refractivity contribution in [2.45, 2.75) is 0 Å². The largest absolute Gasteiger partial charge is 0.271 e. The second-order valence-corrected chi connectivity index (χ2v) is 6.84. The highest BCUT2D eigenvalue weighted by Crippen LogP contribution is 2.26. The van der Waals surface area contributed by atoms with Gasteiger partial charge >= 0.3 is 0 Å². The Morgan fingerprint density at radius 1 is 1.07 bits per heavy atom. The molecule has 0 atom stereocenters. The van der Waals surface area contributed by atoms with Crippen molar-refractivity contribution in [1.82, 2.24) is 15.2 Å². The molecule has 5 nitrogen and oxygen atoms in total.